The highest BCUT2D eigenvalue weighted by Crippen LogP contribution is 2.43. The van der Waals surface area contributed by atoms with Crippen LogP contribution in [0.2, 0.25) is 0 Å². The van der Waals surface area contributed by atoms with Gasteiger partial charge >= 0.3 is 0 Å². The van der Waals surface area contributed by atoms with Crippen LogP contribution in [-0.4, -0.2) is 24.7 Å². The van der Waals surface area contributed by atoms with E-state index in [-0.39, 0.29) is 5.54 Å². The summed E-state index contributed by atoms with van der Waals surface area (Å²) in [4.78, 5) is 2.63. The topological polar surface area (TPSA) is 15.3 Å². The lowest BCUT2D eigenvalue weighted by atomic mass is 9.90. The van der Waals surface area contributed by atoms with Crippen LogP contribution in [-0.2, 0) is 0 Å². The zero-order valence-electron chi connectivity index (χ0n) is 12.7. The summed E-state index contributed by atoms with van der Waals surface area (Å²) in [7, 11) is 0. The van der Waals surface area contributed by atoms with Crippen molar-refractivity contribution in [3.8, 4) is 0 Å². The van der Waals surface area contributed by atoms with Crippen LogP contribution in [0.5, 0.6) is 0 Å². The average molecular weight is 337 g/mol. The maximum atomic E-state index is 3.84. The molecule has 1 saturated heterocycles. The Morgan fingerprint density at radius 2 is 2.15 bits per heavy atom. The third-order valence-corrected chi connectivity index (χ3v) is 6.14. The van der Waals surface area contributed by atoms with Gasteiger partial charge in [0.1, 0.15) is 0 Å². The van der Waals surface area contributed by atoms with Gasteiger partial charge in [0.15, 0.2) is 0 Å². The van der Waals surface area contributed by atoms with Crippen molar-refractivity contribution in [1.82, 2.24) is 5.32 Å². The van der Waals surface area contributed by atoms with Crippen molar-refractivity contribution >= 4 is 21.6 Å². The van der Waals surface area contributed by atoms with Gasteiger partial charge in [-0.3, -0.25) is 0 Å². The van der Waals surface area contributed by atoms with Gasteiger partial charge in [-0.25, -0.2) is 0 Å². The molecule has 0 spiro atoms. The number of benzene rings is 1. The number of piperazine rings is 1. The molecule has 110 valence electrons. The maximum absolute atomic E-state index is 3.84. The van der Waals surface area contributed by atoms with Crippen molar-refractivity contribution in [1.29, 1.82) is 0 Å². The van der Waals surface area contributed by atoms with Gasteiger partial charge in [0.2, 0.25) is 0 Å². The van der Waals surface area contributed by atoms with Gasteiger partial charge in [0.25, 0.3) is 0 Å². The number of anilines is 1. The van der Waals surface area contributed by atoms with E-state index in [0.29, 0.717) is 6.04 Å². The van der Waals surface area contributed by atoms with E-state index in [4.69, 9.17) is 0 Å². The number of nitrogens with zero attached hydrogens (tertiary/aromatic N) is 1. The fraction of sp³-hybridized carbons (Fsp3) is 0.647. The molecule has 0 aromatic heterocycles. The van der Waals surface area contributed by atoms with Gasteiger partial charge in [-0.15, -0.1) is 0 Å². The Balaban J connectivity index is 1.92. The molecule has 1 aromatic carbocycles. The number of nitrogens with one attached hydrogen (secondary N) is 1. The summed E-state index contributed by atoms with van der Waals surface area (Å²) in [5.41, 5.74) is 2.98. The van der Waals surface area contributed by atoms with Crippen molar-refractivity contribution in [2.24, 2.45) is 5.92 Å². The Labute approximate surface area is 131 Å². The molecule has 2 aliphatic rings. The summed E-state index contributed by atoms with van der Waals surface area (Å²) in [6, 6.07) is 7.22. The quantitative estimate of drug-likeness (QED) is 0.893. The molecule has 0 radical (unpaired) electrons. The molecule has 2 atom stereocenters. The molecule has 1 aliphatic carbocycles. The molecule has 1 aliphatic heterocycles. The fourth-order valence-electron chi connectivity index (χ4n) is 3.49. The molecule has 1 heterocycles. The number of hydrogen-bond acceptors (Lipinski definition) is 2. The van der Waals surface area contributed by atoms with Crippen LogP contribution in [0, 0.1) is 12.8 Å². The number of rotatable bonds is 3. The normalized spacial score (nSPS) is 30.6. The SMILES string of the molecule is CCC1CNC(C)(C2CC2)CN1c1cccc(C)c1Br. The third kappa shape index (κ3) is 2.50. The first kappa shape index (κ1) is 14.4. The lowest BCUT2D eigenvalue weighted by Crippen LogP contribution is -2.64. The molecule has 1 N–H and O–H groups in total. The molecule has 2 fully saturated rings. The van der Waals surface area contributed by atoms with Gasteiger partial charge < -0.3 is 10.2 Å². The molecule has 2 unspecified atom stereocenters. The highest BCUT2D eigenvalue weighted by molar-refractivity contribution is 9.10. The first-order chi connectivity index (χ1) is 9.55. The molecule has 20 heavy (non-hydrogen) atoms. The van der Waals surface area contributed by atoms with E-state index in [1.54, 1.807) is 0 Å². The molecular weight excluding hydrogens is 312 g/mol. The summed E-state index contributed by atoms with van der Waals surface area (Å²) < 4.78 is 1.26. The van der Waals surface area contributed by atoms with Crippen LogP contribution in [0.15, 0.2) is 22.7 Å². The number of halogens is 1. The van der Waals surface area contributed by atoms with E-state index in [9.17, 15) is 0 Å². The predicted octanol–water partition coefficient (Wildman–Crippen LogP) is 4.11. The Kier molecular flexibility index (Phi) is 3.85. The van der Waals surface area contributed by atoms with Crippen LogP contribution < -0.4 is 10.2 Å². The Bertz CT molecular complexity index is 498. The first-order valence-corrected chi connectivity index (χ1v) is 8.61. The highest BCUT2D eigenvalue weighted by Gasteiger charge is 2.46. The van der Waals surface area contributed by atoms with Crippen molar-refractivity contribution in [3.63, 3.8) is 0 Å². The van der Waals surface area contributed by atoms with Crippen LogP contribution in [0.3, 0.4) is 0 Å². The van der Waals surface area contributed by atoms with Crippen LogP contribution in [0.1, 0.15) is 38.7 Å². The second kappa shape index (κ2) is 5.34. The summed E-state index contributed by atoms with van der Waals surface area (Å²) in [5.74, 6) is 0.867. The highest BCUT2D eigenvalue weighted by atomic mass is 79.9. The van der Waals surface area contributed by atoms with E-state index < -0.39 is 0 Å². The Morgan fingerprint density at radius 3 is 2.80 bits per heavy atom. The smallest absolute Gasteiger partial charge is 0.0516 e. The lowest BCUT2D eigenvalue weighted by molar-refractivity contribution is 0.252. The molecule has 1 aromatic rings. The summed E-state index contributed by atoms with van der Waals surface area (Å²) >= 11 is 3.80. The molecule has 1 saturated carbocycles. The van der Waals surface area contributed by atoms with Gasteiger partial charge in [0, 0.05) is 29.1 Å². The van der Waals surface area contributed by atoms with Crippen LogP contribution in [0.25, 0.3) is 0 Å². The van der Waals surface area contributed by atoms with Crippen molar-refractivity contribution in [2.75, 3.05) is 18.0 Å². The largest absolute Gasteiger partial charge is 0.365 e. The van der Waals surface area contributed by atoms with E-state index >= 15 is 0 Å². The summed E-state index contributed by atoms with van der Waals surface area (Å²) in [5, 5.41) is 3.84. The van der Waals surface area contributed by atoms with E-state index in [2.05, 4.69) is 65.1 Å². The van der Waals surface area contributed by atoms with E-state index in [1.165, 1.54) is 35.0 Å². The average Bonchev–Trinajstić information content (AvgIpc) is 3.27. The second-order valence-corrected chi connectivity index (χ2v) is 7.46. The van der Waals surface area contributed by atoms with E-state index in [1.807, 2.05) is 0 Å². The standard InChI is InChI=1S/C17H25BrN2/c1-4-14-10-19-17(3,13-8-9-13)11-20(14)15-7-5-6-12(2)16(15)18/h5-7,13-14,19H,4,8-11H2,1-3H3. The Morgan fingerprint density at radius 1 is 1.40 bits per heavy atom. The molecule has 2 nitrogen and oxygen atoms in total. The minimum absolute atomic E-state index is 0.287. The maximum Gasteiger partial charge on any atom is 0.0516 e. The van der Waals surface area contributed by atoms with Gasteiger partial charge in [0.05, 0.1) is 5.69 Å². The molecule has 0 amide bonds. The van der Waals surface area contributed by atoms with Crippen molar-refractivity contribution < 1.29 is 0 Å². The zero-order chi connectivity index (χ0) is 14.3. The third-order valence-electron chi connectivity index (χ3n) is 5.11. The van der Waals surface area contributed by atoms with Crippen molar-refractivity contribution in [3.05, 3.63) is 28.2 Å². The van der Waals surface area contributed by atoms with Crippen LogP contribution >= 0.6 is 15.9 Å². The van der Waals surface area contributed by atoms with Gasteiger partial charge in [-0.2, -0.15) is 0 Å². The summed E-state index contributed by atoms with van der Waals surface area (Å²) in [6.45, 7) is 9.11. The minimum atomic E-state index is 0.287. The fourth-order valence-corrected chi connectivity index (χ4v) is 3.99. The summed E-state index contributed by atoms with van der Waals surface area (Å²) in [6.07, 6.45) is 3.97. The van der Waals surface area contributed by atoms with Crippen LogP contribution in [0.4, 0.5) is 5.69 Å². The number of hydrogen-bond donors (Lipinski definition) is 1. The predicted molar refractivity (Wildman–Crippen MR) is 89.4 cm³/mol. The van der Waals surface area contributed by atoms with Crippen molar-refractivity contribution in [2.45, 2.75) is 51.6 Å². The molecule has 3 rings (SSSR count). The monoisotopic (exact) mass is 336 g/mol. The molecule has 3 heteroatoms. The van der Waals surface area contributed by atoms with Gasteiger partial charge in [-0.05, 0) is 66.6 Å². The zero-order valence-corrected chi connectivity index (χ0v) is 14.3. The van der Waals surface area contributed by atoms with Gasteiger partial charge in [-0.1, -0.05) is 19.1 Å². The van der Waals surface area contributed by atoms with E-state index in [0.717, 1.165) is 19.0 Å². The second-order valence-electron chi connectivity index (χ2n) is 6.67. The molecule has 0 bridgehead atoms. The number of aryl methyl sites for hydroxylation is 1. The Hall–Kier alpha value is -0.540. The minimum Gasteiger partial charge on any atom is -0.365 e. The first-order valence-electron chi connectivity index (χ1n) is 7.82. The lowest BCUT2D eigenvalue weighted by Gasteiger charge is -2.48. The molecular formula is C17H25BrN2.